The Labute approximate surface area is 142 Å². The largest absolute Gasteiger partial charge is 0.394 e. The van der Waals surface area contributed by atoms with Gasteiger partial charge in [-0.1, -0.05) is 19.1 Å². The minimum Gasteiger partial charge on any atom is -0.394 e. The lowest BCUT2D eigenvalue weighted by molar-refractivity contribution is 0.0811. The first-order valence-corrected chi connectivity index (χ1v) is 8.42. The van der Waals surface area contributed by atoms with Gasteiger partial charge in [-0.3, -0.25) is 4.68 Å². The third kappa shape index (κ3) is 3.76. The van der Waals surface area contributed by atoms with Crippen molar-refractivity contribution in [3.8, 4) is 0 Å². The van der Waals surface area contributed by atoms with Gasteiger partial charge in [-0.2, -0.15) is 5.10 Å². The molecule has 3 rings (SSSR count). The summed E-state index contributed by atoms with van der Waals surface area (Å²) in [6.07, 6.45) is 5.71. The molecule has 1 aliphatic rings. The second-order valence-electron chi connectivity index (χ2n) is 6.39. The Morgan fingerprint density at radius 1 is 1.38 bits per heavy atom. The average Bonchev–Trinajstić information content (AvgIpc) is 3.09. The Morgan fingerprint density at radius 3 is 2.83 bits per heavy atom. The molecule has 0 spiro atoms. The molecule has 128 valence electrons. The molecule has 2 atom stereocenters. The molecule has 2 N–H and O–H groups in total. The van der Waals surface area contributed by atoms with Crippen LogP contribution in [0.1, 0.15) is 25.3 Å². The first-order valence-electron chi connectivity index (χ1n) is 8.42. The Balaban J connectivity index is 1.61. The van der Waals surface area contributed by atoms with E-state index in [0.717, 1.165) is 24.1 Å². The number of hydrogen-bond acceptors (Lipinski definition) is 3. The van der Waals surface area contributed by atoms with E-state index < -0.39 is 0 Å². The van der Waals surface area contributed by atoms with Crippen LogP contribution in [0.25, 0.3) is 0 Å². The van der Waals surface area contributed by atoms with Gasteiger partial charge in [0.15, 0.2) is 0 Å². The van der Waals surface area contributed by atoms with Crippen LogP contribution in [-0.4, -0.2) is 45.0 Å². The Hall–Kier alpha value is -2.34. The van der Waals surface area contributed by atoms with Crippen LogP contribution in [0.15, 0.2) is 42.7 Å². The van der Waals surface area contributed by atoms with Crippen molar-refractivity contribution in [1.29, 1.82) is 0 Å². The molecule has 6 heteroatoms. The second-order valence-corrected chi connectivity index (χ2v) is 6.39. The predicted octanol–water partition coefficient (Wildman–Crippen LogP) is 2.56. The van der Waals surface area contributed by atoms with Crippen molar-refractivity contribution in [2.75, 3.05) is 18.5 Å². The normalized spacial score (nSPS) is 20.8. The van der Waals surface area contributed by atoms with Gasteiger partial charge in [-0.15, -0.1) is 0 Å². The second kappa shape index (κ2) is 7.49. The Morgan fingerprint density at radius 2 is 2.17 bits per heavy atom. The molecule has 2 unspecified atom stereocenters. The van der Waals surface area contributed by atoms with Gasteiger partial charge < -0.3 is 15.3 Å². The molecule has 0 saturated carbocycles. The van der Waals surface area contributed by atoms with Gasteiger partial charge in [-0.05, 0) is 42.5 Å². The number of aromatic nitrogens is 2. The number of hydrogen-bond donors (Lipinski definition) is 2. The highest BCUT2D eigenvalue weighted by Gasteiger charge is 2.31. The number of carbonyl (C=O) groups excluding carboxylic acids is 1. The summed E-state index contributed by atoms with van der Waals surface area (Å²) in [5.74, 6) is 0.325. The van der Waals surface area contributed by atoms with E-state index in [1.807, 2.05) is 41.2 Å². The summed E-state index contributed by atoms with van der Waals surface area (Å²) < 4.78 is 1.86. The lowest BCUT2D eigenvalue weighted by atomic mass is 9.91. The number of rotatable bonds is 4. The lowest BCUT2D eigenvalue weighted by Gasteiger charge is -2.38. The minimum absolute atomic E-state index is 0.0113. The fourth-order valence-corrected chi connectivity index (χ4v) is 3.25. The number of urea groups is 1. The van der Waals surface area contributed by atoms with Crippen molar-refractivity contribution in [1.82, 2.24) is 14.7 Å². The first kappa shape index (κ1) is 16.5. The highest BCUT2D eigenvalue weighted by Crippen LogP contribution is 2.24. The van der Waals surface area contributed by atoms with Crippen LogP contribution in [0.5, 0.6) is 0 Å². The molecule has 2 aromatic rings. The molecule has 24 heavy (non-hydrogen) atoms. The van der Waals surface area contributed by atoms with Gasteiger partial charge in [0.2, 0.25) is 0 Å². The molecule has 1 aromatic carbocycles. The van der Waals surface area contributed by atoms with Crippen molar-refractivity contribution in [2.24, 2.45) is 5.92 Å². The van der Waals surface area contributed by atoms with Gasteiger partial charge in [0.05, 0.1) is 19.2 Å². The molecule has 6 nitrogen and oxygen atoms in total. The smallest absolute Gasteiger partial charge is 0.322 e. The Kier molecular flexibility index (Phi) is 5.15. The molecule has 2 heterocycles. The number of likely N-dealkylation sites (tertiary alicyclic amines) is 1. The number of carbonyl (C=O) groups is 1. The van der Waals surface area contributed by atoms with E-state index >= 15 is 0 Å². The summed E-state index contributed by atoms with van der Waals surface area (Å²) in [7, 11) is 0. The summed E-state index contributed by atoms with van der Waals surface area (Å²) in [5, 5.41) is 16.7. The zero-order valence-electron chi connectivity index (χ0n) is 13.9. The standard InChI is InChI=1S/C18H24N4O2/c1-14-4-2-11-22(17(14)13-23)18(24)20-16-7-5-15(6-8-16)12-21-10-3-9-19-21/h3,5-10,14,17,23H,2,4,11-13H2,1H3,(H,20,24). The highest BCUT2D eigenvalue weighted by molar-refractivity contribution is 5.89. The number of aliphatic hydroxyl groups excluding tert-OH is 1. The van der Waals surface area contributed by atoms with Crippen molar-refractivity contribution < 1.29 is 9.90 Å². The van der Waals surface area contributed by atoms with E-state index in [9.17, 15) is 9.90 Å². The van der Waals surface area contributed by atoms with Gasteiger partial charge in [0.1, 0.15) is 0 Å². The molecule has 0 bridgehead atoms. The predicted molar refractivity (Wildman–Crippen MR) is 92.8 cm³/mol. The molecule has 2 amide bonds. The molecule has 1 aromatic heterocycles. The van der Waals surface area contributed by atoms with E-state index in [1.54, 1.807) is 11.1 Å². The monoisotopic (exact) mass is 328 g/mol. The minimum atomic E-state index is -0.138. The fourth-order valence-electron chi connectivity index (χ4n) is 3.25. The van der Waals surface area contributed by atoms with Crippen LogP contribution in [0.3, 0.4) is 0 Å². The summed E-state index contributed by atoms with van der Waals surface area (Å²) in [6, 6.07) is 9.43. The number of piperidine rings is 1. The maximum absolute atomic E-state index is 12.5. The van der Waals surface area contributed by atoms with E-state index in [2.05, 4.69) is 17.3 Å². The van der Waals surface area contributed by atoms with Crippen LogP contribution in [0.2, 0.25) is 0 Å². The molecule has 0 aliphatic carbocycles. The maximum atomic E-state index is 12.5. The molecule has 1 aliphatic heterocycles. The van der Waals surface area contributed by atoms with E-state index in [0.29, 0.717) is 19.0 Å². The number of nitrogens with one attached hydrogen (secondary N) is 1. The zero-order chi connectivity index (χ0) is 16.9. The SMILES string of the molecule is CC1CCCN(C(=O)Nc2ccc(Cn3cccn3)cc2)C1CO. The summed E-state index contributed by atoms with van der Waals surface area (Å²) >= 11 is 0. The van der Waals surface area contributed by atoms with Gasteiger partial charge in [-0.25, -0.2) is 4.79 Å². The molecular formula is C18H24N4O2. The summed E-state index contributed by atoms with van der Waals surface area (Å²) in [4.78, 5) is 14.3. The number of aliphatic hydroxyl groups is 1. The van der Waals surface area contributed by atoms with Gasteiger partial charge in [0, 0.05) is 24.6 Å². The topological polar surface area (TPSA) is 70.4 Å². The van der Waals surface area contributed by atoms with Gasteiger partial charge in [0.25, 0.3) is 0 Å². The lowest BCUT2D eigenvalue weighted by Crippen LogP contribution is -2.51. The highest BCUT2D eigenvalue weighted by atomic mass is 16.3. The molecular weight excluding hydrogens is 304 g/mol. The van der Waals surface area contributed by atoms with Crippen molar-refractivity contribution in [3.63, 3.8) is 0 Å². The van der Waals surface area contributed by atoms with E-state index in [-0.39, 0.29) is 18.7 Å². The van der Waals surface area contributed by atoms with Crippen molar-refractivity contribution in [3.05, 3.63) is 48.3 Å². The Bertz CT molecular complexity index is 654. The van der Waals surface area contributed by atoms with Crippen LogP contribution >= 0.6 is 0 Å². The average molecular weight is 328 g/mol. The quantitative estimate of drug-likeness (QED) is 0.906. The van der Waals surface area contributed by atoms with Crippen molar-refractivity contribution in [2.45, 2.75) is 32.4 Å². The van der Waals surface area contributed by atoms with E-state index in [1.165, 1.54) is 0 Å². The third-order valence-electron chi connectivity index (χ3n) is 4.67. The summed E-state index contributed by atoms with van der Waals surface area (Å²) in [6.45, 7) is 3.50. The summed E-state index contributed by atoms with van der Waals surface area (Å²) in [5.41, 5.74) is 1.88. The van der Waals surface area contributed by atoms with Crippen LogP contribution in [0, 0.1) is 5.92 Å². The zero-order valence-corrected chi connectivity index (χ0v) is 13.9. The van der Waals surface area contributed by atoms with Gasteiger partial charge >= 0.3 is 6.03 Å². The number of anilines is 1. The fraction of sp³-hybridized carbons (Fsp3) is 0.444. The van der Waals surface area contributed by atoms with Crippen LogP contribution < -0.4 is 5.32 Å². The maximum Gasteiger partial charge on any atom is 0.322 e. The third-order valence-corrected chi connectivity index (χ3v) is 4.67. The first-order chi connectivity index (χ1) is 11.7. The number of nitrogens with zero attached hydrogens (tertiary/aromatic N) is 3. The van der Waals surface area contributed by atoms with Crippen LogP contribution in [0.4, 0.5) is 10.5 Å². The van der Waals surface area contributed by atoms with Crippen LogP contribution in [-0.2, 0) is 6.54 Å². The molecule has 1 saturated heterocycles. The molecule has 0 radical (unpaired) electrons. The molecule has 1 fully saturated rings. The van der Waals surface area contributed by atoms with E-state index in [4.69, 9.17) is 0 Å². The number of benzene rings is 1. The van der Waals surface area contributed by atoms with Crippen molar-refractivity contribution >= 4 is 11.7 Å². The number of amides is 2.